The number of likely N-dealkylation sites (tertiary alicyclic amines) is 1. The molecule has 0 radical (unpaired) electrons. The van der Waals surface area contributed by atoms with Gasteiger partial charge in [-0.25, -0.2) is 0 Å². The van der Waals surface area contributed by atoms with Gasteiger partial charge in [0.2, 0.25) is 0 Å². The molecule has 2 aliphatic rings. The van der Waals surface area contributed by atoms with Gasteiger partial charge in [0.25, 0.3) is 0 Å². The Morgan fingerprint density at radius 3 is 2.80 bits per heavy atom. The highest BCUT2D eigenvalue weighted by Gasteiger charge is 2.22. The summed E-state index contributed by atoms with van der Waals surface area (Å²) in [5.41, 5.74) is 0. The maximum Gasteiger partial charge on any atom is 0.0469 e. The molecule has 0 bridgehead atoms. The van der Waals surface area contributed by atoms with Crippen molar-refractivity contribution in [2.75, 3.05) is 39.9 Å². The monoisotopic (exact) mass is 212 g/mol. The van der Waals surface area contributed by atoms with E-state index in [1.807, 2.05) is 0 Å². The van der Waals surface area contributed by atoms with Crippen LogP contribution in [0.2, 0.25) is 0 Å². The molecule has 3 heteroatoms. The minimum Gasteiger partial charge on any atom is -0.381 e. The minimum absolute atomic E-state index is 0.721. The van der Waals surface area contributed by atoms with E-state index in [-0.39, 0.29) is 0 Å². The molecule has 2 saturated heterocycles. The number of likely N-dealkylation sites (N-methyl/N-ethyl adjacent to an activating group) is 1. The summed E-state index contributed by atoms with van der Waals surface area (Å²) in [4.78, 5) is 2.64. The van der Waals surface area contributed by atoms with E-state index >= 15 is 0 Å². The van der Waals surface area contributed by atoms with Crippen molar-refractivity contribution in [3.8, 4) is 0 Å². The summed E-state index contributed by atoms with van der Waals surface area (Å²) in [6, 6.07) is 0.721. The van der Waals surface area contributed by atoms with Crippen LogP contribution in [-0.2, 0) is 4.74 Å². The third-order valence-electron chi connectivity index (χ3n) is 3.77. The minimum atomic E-state index is 0.721. The fourth-order valence-electron chi connectivity index (χ4n) is 2.75. The molecule has 2 heterocycles. The second-order valence-corrected chi connectivity index (χ2v) is 4.94. The molecule has 0 aromatic heterocycles. The molecular formula is C12H24N2O. The smallest absolute Gasteiger partial charge is 0.0469 e. The largest absolute Gasteiger partial charge is 0.381 e. The maximum atomic E-state index is 5.40. The number of piperidine rings is 1. The summed E-state index contributed by atoms with van der Waals surface area (Å²) in [6.07, 6.45) is 5.23. The van der Waals surface area contributed by atoms with Gasteiger partial charge in [-0.3, -0.25) is 0 Å². The number of rotatable bonds is 3. The van der Waals surface area contributed by atoms with Gasteiger partial charge in [-0.1, -0.05) is 0 Å². The quantitative estimate of drug-likeness (QED) is 0.758. The highest BCUT2D eigenvalue weighted by Crippen LogP contribution is 2.18. The third-order valence-corrected chi connectivity index (χ3v) is 3.77. The van der Waals surface area contributed by atoms with E-state index in [1.54, 1.807) is 0 Å². The van der Waals surface area contributed by atoms with Gasteiger partial charge in [0, 0.05) is 32.3 Å². The van der Waals surface area contributed by atoms with Gasteiger partial charge in [-0.2, -0.15) is 0 Å². The van der Waals surface area contributed by atoms with Crippen LogP contribution in [0.5, 0.6) is 0 Å². The molecule has 1 N–H and O–H groups in total. The molecule has 0 spiro atoms. The lowest BCUT2D eigenvalue weighted by Gasteiger charge is -2.35. The molecule has 2 fully saturated rings. The van der Waals surface area contributed by atoms with Gasteiger partial charge >= 0.3 is 0 Å². The van der Waals surface area contributed by atoms with E-state index in [0.29, 0.717) is 0 Å². The number of ether oxygens (including phenoxy) is 1. The first-order valence-corrected chi connectivity index (χ1v) is 6.36. The topological polar surface area (TPSA) is 24.5 Å². The number of nitrogens with zero attached hydrogens (tertiary/aromatic N) is 1. The Balaban J connectivity index is 1.72. The molecule has 2 aliphatic heterocycles. The molecule has 2 rings (SSSR count). The number of nitrogens with one attached hydrogen (secondary N) is 1. The summed E-state index contributed by atoms with van der Waals surface area (Å²) in [5.74, 6) is 0.884. The molecule has 0 aromatic rings. The average molecular weight is 212 g/mol. The van der Waals surface area contributed by atoms with Crippen LogP contribution in [0.15, 0.2) is 0 Å². The van der Waals surface area contributed by atoms with Crippen LogP contribution >= 0.6 is 0 Å². The molecule has 0 amide bonds. The van der Waals surface area contributed by atoms with E-state index in [9.17, 15) is 0 Å². The SMILES string of the molecule is CN[C@H]1CCCN(CC2CCOCC2)C1. The Bertz CT molecular complexity index is 180. The van der Waals surface area contributed by atoms with Gasteiger partial charge in [0.05, 0.1) is 0 Å². The van der Waals surface area contributed by atoms with Crippen molar-refractivity contribution < 1.29 is 4.74 Å². The zero-order valence-electron chi connectivity index (χ0n) is 9.87. The van der Waals surface area contributed by atoms with Crippen molar-refractivity contribution in [1.82, 2.24) is 10.2 Å². The van der Waals surface area contributed by atoms with Crippen LogP contribution in [0.1, 0.15) is 25.7 Å². The van der Waals surface area contributed by atoms with Gasteiger partial charge in [-0.15, -0.1) is 0 Å². The Morgan fingerprint density at radius 1 is 1.27 bits per heavy atom. The van der Waals surface area contributed by atoms with E-state index in [1.165, 1.54) is 45.3 Å². The van der Waals surface area contributed by atoms with Crippen LogP contribution in [0.25, 0.3) is 0 Å². The molecule has 3 nitrogen and oxygen atoms in total. The Morgan fingerprint density at radius 2 is 2.07 bits per heavy atom. The summed E-state index contributed by atoms with van der Waals surface area (Å²) >= 11 is 0. The van der Waals surface area contributed by atoms with Crippen molar-refractivity contribution in [3.63, 3.8) is 0 Å². The van der Waals surface area contributed by atoms with Crippen LogP contribution < -0.4 is 5.32 Å². The summed E-state index contributed by atoms with van der Waals surface area (Å²) < 4.78 is 5.40. The zero-order valence-corrected chi connectivity index (χ0v) is 9.87. The second kappa shape index (κ2) is 5.83. The molecule has 0 aromatic carbocycles. The number of hydrogen-bond donors (Lipinski definition) is 1. The van der Waals surface area contributed by atoms with Gasteiger partial charge in [0.15, 0.2) is 0 Å². The fourth-order valence-corrected chi connectivity index (χ4v) is 2.75. The summed E-state index contributed by atoms with van der Waals surface area (Å²) in [6.45, 7) is 5.80. The predicted molar refractivity (Wildman–Crippen MR) is 62.1 cm³/mol. The van der Waals surface area contributed by atoms with Gasteiger partial charge in [-0.05, 0) is 45.2 Å². The van der Waals surface area contributed by atoms with Crippen LogP contribution in [0, 0.1) is 5.92 Å². The van der Waals surface area contributed by atoms with Crippen molar-refractivity contribution in [1.29, 1.82) is 0 Å². The van der Waals surface area contributed by atoms with Crippen molar-refractivity contribution in [2.45, 2.75) is 31.7 Å². The average Bonchev–Trinajstić information content (AvgIpc) is 2.31. The van der Waals surface area contributed by atoms with Crippen LogP contribution in [0.4, 0.5) is 0 Å². The van der Waals surface area contributed by atoms with Gasteiger partial charge in [0.1, 0.15) is 0 Å². The van der Waals surface area contributed by atoms with Crippen LogP contribution in [0.3, 0.4) is 0 Å². The third kappa shape index (κ3) is 3.44. The highest BCUT2D eigenvalue weighted by molar-refractivity contribution is 4.79. The Labute approximate surface area is 93.2 Å². The zero-order chi connectivity index (χ0) is 10.5. The van der Waals surface area contributed by atoms with Crippen molar-refractivity contribution >= 4 is 0 Å². The molecule has 0 saturated carbocycles. The van der Waals surface area contributed by atoms with E-state index in [0.717, 1.165) is 25.2 Å². The predicted octanol–water partition coefficient (Wildman–Crippen LogP) is 1.10. The second-order valence-electron chi connectivity index (χ2n) is 4.94. The van der Waals surface area contributed by atoms with Gasteiger partial charge < -0.3 is 15.0 Å². The Kier molecular flexibility index (Phi) is 4.42. The molecule has 88 valence electrons. The standard InChI is InChI=1S/C12H24N2O/c1-13-12-3-2-6-14(10-12)9-11-4-7-15-8-5-11/h11-13H,2-10H2,1H3/t12-/m0/s1. The van der Waals surface area contributed by atoms with E-state index in [2.05, 4.69) is 17.3 Å². The normalized spacial score (nSPS) is 30.6. The molecule has 15 heavy (non-hydrogen) atoms. The molecular weight excluding hydrogens is 188 g/mol. The lowest BCUT2D eigenvalue weighted by atomic mass is 9.97. The lowest BCUT2D eigenvalue weighted by molar-refractivity contribution is 0.0475. The first kappa shape index (κ1) is 11.4. The first-order valence-electron chi connectivity index (χ1n) is 6.36. The fraction of sp³-hybridized carbons (Fsp3) is 1.00. The van der Waals surface area contributed by atoms with E-state index in [4.69, 9.17) is 4.74 Å². The van der Waals surface area contributed by atoms with Crippen molar-refractivity contribution in [3.05, 3.63) is 0 Å². The highest BCUT2D eigenvalue weighted by atomic mass is 16.5. The Hall–Kier alpha value is -0.120. The molecule has 0 aliphatic carbocycles. The molecule has 1 atom stereocenters. The lowest BCUT2D eigenvalue weighted by Crippen LogP contribution is -2.46. The van der Waals surface area contributed by atoms with Crippen LogP contribution in [-0.4, -0.2) is 50.8 Å². The number of hydrogen-bond acceptors (Lipinski definition) is 3. The van der Waals surface area contributed by atoms with E-state index < -0.39 is 0 Å². The van der Waals surface area contributed by atoms with Crippen molar-refractivity contribution in [2.24, 2.45) is 5.92 Å². The summed E-state index contributed by atoms with van der Waals surface area (Å²) in [5, 5.41) is 3.40. The maximum absolute atomic E-state index is 5.40. The molecule has 0 unspecified atom stereocenters. The first-order chi connectivity index (χ1) is 7.38. The summed E-state index contributed by atoms with van der Waals surface area (Å²) in [7, 11) is 2.09.